The first-order valence-electron chi connectivity index (χ1n) is 4.18. The standard InChI is InChI=1S/C7H10N4O2.ClH/c8-11-9-3-7-1-4(6(12)13)10-5(7)2-7;/h4-5,10H,1-3H2,(H,12,13);1H/t4-,5-,7+;/m0./s1. The lowest BCUT2D eigenvalue weighted by Crippen LogP contribution is -2.33. The Morgan fingerprint density at radius 3 is 2.93 bits per heavy atom. The molecule has 1 aliphatic carbocycles. The zero-order valence-corrected chi connectivity index (χ0v) is 8.20. The molecule has 0 spiro atoms. The van der Waals surface area contributed by atoms with E-state index in [-0.39, 0.29) is 23.9 Å². The Labute approximate surface area is 86.7 Å². The van der Waals surface area contributed by atoms with Gasteiger partial charge >= 0.3 is 5.97 Å². The highest BCUT2D eigenvalue weighted by Gasteiger charge is 2.60. The lowest BCUT2D eigenvalue weighted by atomic mass is 10.0. The summed E-state index contributed by atoms with van der Waals surface area (Å²) in [5, 5.41) is 15.2. The van der Waals surface area contributed by atoms with Gasteiger partial charge in [-0.2, -0.15) is 0 Å². The number of halogens is 1. The van der Waals surface area contributed by atoms with Gasteiger partial charge in [0.05, 0.1) is 0 Å². The van der Waals surface area contributed by atoms with E-state index in [2.05, 4.69) is 15.3 Å². The van der Waals surface area contributed by atoms with Gasteiger partial charge in [0, 0.05) is 17.5 Å². The Morgan fingerprint density at radius 1 is 1.71 bits per heavy atom. The van der Waals surface area contributed by atoms with Crippen LogP contribution in [0.4, 0.5) is 0 Å². The number of nitrogens with one attached hydrogen (secondary N) is 1. The number of azide groups is 1. The molecule has 0 bridgehead atoms. The fraction of sp³-hybridized carbons (Fsp3) is 0.857. The second-order valence-corrected chi connectivity index (χ2v) is 3.77. The maximum absolute atomic E-state index is 10.6. The molecule has 7 heteroatoms. The first kappa shape index (κ1) is 11.1. The Kier molecular flexibility index (Phi) is 2.89. The maximum Gasteiger partial charge on any atom is 0.320 e. The van der Waals surface area contributed by atoms with Gasteiger partial charge in [-0.15, -0.1) is 12.4 Å². The third kappa shape index (κ3) is 1.64. The quantitative estimate of drug-likeness (QED) is 0.419. The van der Waals surface area contributed by atoms with Crippen molar-refractivity contribution < 1.29 is 9.90 Å². The fourth-order valence-corrected chi connectivity index (χ4v) is 2.09. The number of rotatable bonds is 3. The van der Waals surface area contributed by atoms with E-state index in [0.29, 0.717) is 13.0 Å². The minimum absolute atomic E-state index is 0. The van der Waals surface area contributed by atoms with E-state index in [0.717, 1.165) is 6.42 Å². The zero-order chi connectivity index (χ0) is 9.47. The van der Waals surface area contributed by atoms with Crippen molar-refractivity contribution in [3.63, 3.8) is 0 Å². The van der Waals surface area contributed by atoms with E-state index in [1.165, 1.54) is 0 Å². The SMILES string of the molecule is Cl.[N-]=[N+]=NC[C@]12C[C@@H](C(=O)O)N[C@H]1C2. The number of piperidine rings is 1. The molecule has 0 unspecified atom stereocenters. The average Bonchev–Trinajstić information content (AvgIpc) is 2.65. The smallest absolute Gasteiger partial charge is 0.320 e. The summed E-state index contributed by atoms with van der Waals surface area (Å²) in [6.07, 6.45) is 1.53. The van der Waals surface area contributed by atoms with Crippen LogP contribution in [0, 0.1) is 5.41 Å². The first-order valence-corrected chi connectivity index (χ1v) is 4.18. The van der Waals surface area contributed by atoms with E-state index >= 15 is 0 Å². The predicted molar refractivity (Wildman–Crippen MR) is 51.3 cm³/mol. The number of fused-ring (bicyclic) bond motifs is 1. The summed E-state index contributed by atoms with van der Waals surface area (Å²) >= 11 is 0. The number of carbonyl (C=O) groups is 1. The van der Waals surface area contributed by atoms with Crippen LogP contribution >= 0.6 is 12.4 Å². The van der Waals surface area contributed by atoms with Crippen LogP contribution in [0.15, 0.2) is 5.11 Å². The molecule has 1 saturated heterocycles. The predicted octanol–water partition coefficient (Wildman–Crippen LogP) is 0.924. The summed E-state index contributed by atoms with van der Waals surface area (Å²) in [6, 6.07) is -0.202. The van der Waals surface area contributed by atoms with Gasteiger partial charge < -0.3 is 10.4 Å². The molecule has 2 rings (SSSR count). The van der Waals surface area contributed by atoms with Crippen LogP contribution in [0.2, 0.25) is 0 Å². The van der Waals surface area contributed by atoms with Crippen LogP contribution in [0.1, 0.15) is 12.8 Å². The molecule has 2 aliphatic rings. The van der Waals surface area contributed by atoms with Gasteiger partial charge in [-0.1, -0.05) is 5.11 Å². The monoisotopic (exact) mass is 218 g/mol. The normalized spacial score (nSPS) is 37.7. The summed E-state index contributed by atoms with van der Waals surface area (Å²) in [5.41, 5.74) is 8.11. The van der Waals surface area contributed by atoms with Crippen molar-refractivity contribution in [2.45, 2.75) is 24.9 Å². The van der Waals surface area contributed by atoms with Crippen LogP contribution in [-0.4, -0.2) is 29.7 Å². The van der Waals surface area contributed by atoms with E-state index in [4.69, 9.17) is 10.6 Å². The van der Waals surface area contributed by atoms with Crippen molar-refractivity contribution >= 4 is 18.4 Å². The van der Waals surface area contributed by atoms with Crippen LogP contribution in [0.5, 0.6) is 0 Å². The molecule has 6 nitrogen and oxygen atoms in total. The summed E-state index contributed by atoms with van der Waals surface area (Å²) in [4.78, 5) is 13.3. The Balaban J connectivity index is 0.000000980. The van der Waals surface area contributed by atoms with Gasteiger partial charge in [0.1, 0.15) is 6.04 Å². The molecule has 0 aromatic carbocycles. The highest BCUT2D eigenvalue weighted by atomic mass is 35.5. The number of hydrogen-bond donors (Lipinski definition) is 2. The molecule has 0 radical (unpaired) electrons. The minimum Gasteiger partial charge on any atom is -0.480 e. The molecule has 2 N–H and O–H groups in total. The zero-order valence-electron chi connectivity index (χ0n) is 7.38. The summed E-state index contributed by atoms with van der Waals surface area (Å²) < 4.78 is 0. The van der Waals surface area contributed by atoms with Gasteiger partial charge in [-0.25, -0.2) is 0 Å². The molecule has 0 aromatic heterocycles. The summed E-state index contributed by atoms with van der Waals surface area (Å²) in [5.74, 6) is -0.812. The van der Waals surface area contributed by atoms with E-state index < -0.39 is 12.0 Å². The molecule has 1 aliphatic heterocycles. The highest BCUT2D eigenvalue weighted by Crippen LogP contribution is 2.54. The minimum atomic E-state index is -0.812. The van der Waals surface area contributed by atoms with Crippen LogP contribution in [0.25, 0.3) is 10.4 Å². The van der Waals surface area contributed by atoms with Gasteiger partial charge in [0.15, 0.2) is 0 Å². The molecule has 1 heterocycles. The Hall–Kier alpha value is -0.970. The van der Waals surface area contributed by atoms with Crippen LogP contribution in [0.3, 0.4) is 0 Å². The molecule has 1 saturated carbocycles. The lowest BCUT2D eigenvalue weighted by molar-refractivity contribution is -0.139. The average molecular weight is 219 g/mol. The number of nitrogens with zero attached hydrogens (tertiary/aromatic N) is 3. The molecule has 14 heavy (non-hydrogen) atoms. The van der Waals surface area contributed by atoms with Crippen molar-refractivity contribution in [2.24, 2.45) is 10.5 Å². The first-order chi connectivity index (χ1) is 6.18. The topological polar surface area (TPSA) is 98.1 Å². The molecule has 0 aromatic rings. The lowest BCUT2D eigenvalue weighted by Gasteiger charge is -2.09. The molecular formula is C7H11ClN4O2. The van der Waals surface area contributed by atoms with Gasteiger partial charge in [0.2, 0.25) is 0 Å². The summed E-state index contributed by atoms with van der Waals surface area (Å²) in [6.45, 7) is 0.422. The fourth-order valence-electron chi connectivity index (χ4n) is 2.09. The number of hydrogen-bond acceptors (Lipinski definition) is 3. The van der Waals surface area contributed by atoms with Crippen molar-refractivity contribution in [1.82, 2.24) is 5.32 Å². The van der Waals surface area contributed by atoms with E-state index in [9.17, 15) is 4.79 Å². The van der Waals surface area contributed by atoms with Crippen LogP contribution in [-0.2, 0) is 4.79 Å². The Bertz CT molecular complexity index is 304. The van der Waals surface area contributed by atoms with Gasteiger partial charge in [0.25, 0.3) is 0 Å². The largest absolute Gasteiger partial charge is 0.480 e. The molecular weight excluding hydrogens is 208 g/mol. The van der Waals surface area contributed by atoms with E-state index in [1.807, 2.05) is 0 Å². The maximum atomic E-state index is 10.6. The molecule has 2 fully saturated rings. The van der Waals surface area contributed by atoms with Gasteiger partial charge in [-0.3, -0.25) is 4.79 Å². The second kappa shape index (κ2) is 3.65. The third-order valence-corrected chi connectivity index (χ3v) is 2.95. The third-order valence-electron chi connectivity index (χ3n) is 2.95. The van der Waals surface area contributed by atoms with Crippen molar-refractivity contribution in [3.05, 3.63) is 10.4 Å². The number of aliphatic carboxylic acids is 1. The molecule has 78 valence electrons. The van der Waals surface area contributed by atoms with Crippen molar-refractivity contribution in [3.8, 4) is 0 Å². The molecule has 3 atom stereocenters. The second-order valence-electron chi connectivity index (χ2n) is 3.77. The number of carboxylic acids is 1. The van der Waals surface area contributed by atoms with Crippen molar-refractivity contribution in [1.29, 1.82) is 0 Å². The van der Waals surface area contributed by atoms with Crippen molar-refractivity contribution in [2.75, 3.05) is 6.54 Å². The molecule has 0 amide bonds. The number of carboxylic acid groups (broad SMARTS) is 1. The van der Waals surface area contributed by atoms with Crippen LogP contribution < -0.4 is 5.32 Å². The van der Waals surface area contributed by atoms with Gasteiger partial charge in [-0.05, 0) is 23.8 Å². The van der Waals surface area contributed by atoms with E-state index in [1.54, 1.807) is 0 Å². The highest BCUT2D eigenvalue weighted by molar-refractivity contribution is 5.85. The summed E-state index contributed by atoms with van der Waals surface area (Å²) in [7, 11) is 0. The Morgan fingerprint density at radius 2 is 2.43 bits per heavy atom.